The molecule has 0 saturated carbocycles. The Morgan fingerprint density at radius 2 is 2.05 bits per heavy atom. The van der Waals surface area contributed by atoms with E-state index < -0.39 is 10.0 Å². The molecule has 1 aromatic rings. The van der Waals surface area contributed by atoms with Gasteiger partial charge < -0.3 is 5.32 Å². The molecule has 19 heavy (non-hydrogen) atoms. The van der Waals surface area contributed by atoms with E-state index in [9.17, 15) is 13.2 Å². The molecular weight excluding hydrogens is 288 g/mol. The topological polar surface area (TPSA) is 66.5 Å². The summed E-state index contributed by atoms with van der Waals surface area (Å²) in [5.74, 6) is -0.357. The molecule has 0 aliphatic carbocycles. The van der Waals surface area contributed by atoms with Gasteiger partial charge in [-0.2, -0.15) is 0 Å². The van der Waals surface area contributed by atoms with Gasteiger partial charge in [0, 0.05) is 11.6 Å². The van der Waals surface area contributed by atoms with Crippen molar-refractivity contribution in [2.24, 2.45) is 0 Å². The van der Waals surface area contributed by atoms with Crippen molar-refractivity contribution in [3.63, 3.8) is 0 Å². The number of nitrogens with zero attached hydrogens (tertiary/aromatic N) is 1. The first-order valence-corrected chi connectivity index (χ1v) is 7.99. The molecule has 1 amide bonds. The lowest BCUT2D eigenvalue weighted by atomic mass is 10.2. The van der Waals surface area contributed by atoms with Gasteiger partial charge in [0.25, 0.3) is 0 Å². The Bertz CT molecular complexity index is 572. The number of aryl methyl sites for hydroxylation is 1. The lowest BCUT2D eigenvalue weighted by Gasteiger charge is -2.22. The summed E-state index contributed by atoms with van der Waals surface area (Å²) in [6.07, 6.45) is 1.06. The number of rotatable bonds is 5. The van der Waals surface area contributed by atoms with Crippen molar-refractivity contribution in [2.45, 2.75) is 13.8 Å². The number of hydrogen-bond donors (Lipinski definition) is 1. The maximum absolute atomic E-state index is 11.8. The summed E-state index contributed by atoms with van der Waals surface area (Å²) >= 11 is 5.98. The van der Waals surface area contributed by atoms with Crippen molar-refractivity contribution in [1.82, 2.24) is 5.32 Å². The summed E-state index contributed by atoms with van der Waals surface area (Å²) in [5, 5.41) is 3.03. The Hall–Kier alpha value is -1.27. The monoisotopic (exact) mass is 304 g/mol. The second kappa shape index (κ2) is 6.25. The van der Waals surface area contributed by atoms with Gasteiger partial charge in [-0.3, -0.25) is 9.10 Å². The van der Waals surface area contributed by atoms with E-state index in [-0.39, 0.29) is 12.5 Å². The molecule has 106 valence electrons. The molecule has 0 spiro atoms. The van der Waals surface area contributed by atoms with Crippen LogP contribution in [0.5, 0.6) is 0 Å². The van der Waals surface area contributed by atoms with E-state index >= 15 is 0 Å². The first-order chi connectivity index (χ1) is 8.75. The van der Waals surface area contributed by atoms with Gasteiger partial charge in [0.1, 0.15) is 6.54 Å². The number of anilines is 1. The minimum Gasteiger partial charge on any atom is -0.355 e. The average Bonchev–Trinajstić information content (AvgIpc) is 2.29. The van der Waals surface area contributed by atoms with Gasteiger partial charge in [-0.05, 0) is 31.5 Å². The first-order valence-electron chi connectivity index (χ1n) is 5.76. The average molecular weight is 305 g/mol. The second-order valence-electron chi connectivity index (χ2n) is 4.16. The predicted molar refractivity (Wildman–Crippen MR) is 77.1 cm³/mol. The summed E-state index contributed by atoms with van der Waals surface area (Å²) in [6, 6.07) is 4.88. The minimum atomic E-state index is -3.55. The zero-order valence-corrected chi connectivity index (χ0v) is 12.7. The van der Waals surface area contributed by atoms with Crippen LogP contribution in [-0.4, -0.2) is 33.7 Å². The number of sulfonamides is 1. The van der Waals surface area contributed by atoms with Crippen LogP contribution in [0.2, 0.25) is 5.02 Å². The van der Waals surface area contributed by atoms with Crippen LogP contribution >= 0.6 is 11.6 Å². The standard InChI is InChI=1S/C12H17ClN2O3S/c1-4-14-12(16)8-15(19(3,17)18)10-6-5-9(2)11(13)7-10/h5-7H,4,8H2,1-3H3,(H,14,16). The predicted octanol–water partition coefficient (Wildman–Crippen LogP) is 1.55. The zero-order valence-electron chi connectivity index (χ0n) is 11.1. The number of carbonyl (C=O) groups excluding carboxylic acids is 1. The SMILES string of the molecule is CCNC(=O)CN(c1ccc(C)c(Cl)c1)S(C)(=O)=O. The molecular formula is C12H17ClN2O3S. The Kier molecular flexibility index (Phi) is 5.20. The third kappa shape index (κ3) is 4.40. The summed E-state index contributed by atoms with van der Waals surface area (Å²) in [4.78, 5) is 11.6. The maximum Gasteiger partial charge on any atom is 0.240 e. The molecule has 0 atom stereocenters. The van der Waals surface area contributed by atoms with Crippen LogP contribution in [0.15, 0.2) is 18.2 Å². The smallest absolute Gasteiger partial charge is 0.240 e. The van der Waals surface area contributed by atoms with E-state index in [2.05, 4.69) is 5.32 Å². The fourth-order valence-corrected chi connectivity index (χ4v) is 2.54. The molecule has 5 nitrogen and oxygen atoms in total. The van der Waals surface area contributed by atoms with Crippen molar-refractivity contribution in [3.8, 4) is 0 Å². The van der Waals surface area contributed by atoms with Crippen LogP contribution in [0.3, 0.4) is 0 Å². The quantitative estimate of drug-likeness (QED) is 0.897. The maximum atomic E-state index is 11.8. The van der Waals surface area contributed by atoms with Crippen molar-refractivity contribution in [2.75, 3.05) is 23.7 Å². The van der Waals surface area contributed by atoms with E-state index in [1.165, 1.54) is 6.07 Å². The molecule has 0 unspecified atom stereocenters. The van der Waals surface area contributed by atoms with Gasteiger partial charge in [0.2, 0.25) is 15.9 Å². The summed E-state index contributed by atoms with van der Waals surface area (Å²) in [5.41, 5.74) is 1.22. The van der Waals surface area contributed by atoms with E-state index in [4.69, 9.17) is 11.6 Å². The highest BCUT2D eigenvalue weighted by Crippen LogP contribution is 2.24. The Morgan fingerprint density at radius 1 is 1.42 bits per heavy atom. The second-order valence-corrected chi connectivity index (χ2v) is 6.47. The molecule has 1 N–H and O–H groups in total. The number of amides is 1. The fourth-order valence-electron chi connectivity index (χ4n) is 1.52. The van der Waals surface area contributed by atoms with E-state index in [0.29, 0.717) is 17.3 Å². The molecule has 1 aromatic carbocycles. The lowest BCUT2D eigenvalue weighted by Crippen LogP contribution is -2.40. The van der Waals surface area contributed by atoms with E-state index in [1.807, 2.05) is 6.92 Å². The van der Waals surface area contributed by atoms with Crippen molar-refractivity contribution in [3.05, 3.63) is 28.8 Å². The van der Waals surface area contributed by atoms with Crippen molar-refractivity contribution >= 4 is 33.2 Å². The number of benzene rings is 1. The summed E-state index contributed by atoms with van der Waals surface area (Å²) in [6.45, 7) is 3.78. The van der Waals surface area contributed by atoms with Crippen LogP contribution in [-0.2, 0) is 14.8 Å². The van der Waals surface area contributed by atoms with Crippen LogP contribution in [0.25, 0.3) is 0 Å². The van der Waals surface area contributed by atoms with Crippen LogP contribution in [0, 0.1) is 6.92 Å². The van der Waals surface area contributed by atoms with Crippen LogP contribution < -0.4 is 9.62 Å². The van der Waals surface area contributed by atoms with Crippen molar-refractivity contribution in [1.29, 1.82) is 0 Å². The Morgan fingerprint density at radius 3 is 2.53 bits per heavy atom. The summed E-state index contributed by atoms with van der Waals surface area (Å²) < 4.78 is 24.6. The zero-order chi connectivity index (χ0) is 14.6. The fraction of sp³-hybridized carbons (Fsp3) is 0.417. The molecule has 0 aromatic heterocycles. The molecule has 0 bridgehead atoms. The third-order valence-corrected chi connectivity index (χ3v) is 4.05. The van der Waals surface area contributed by atoms with Gasteiger partial charge in [0.15, 0.2) is 0 Å². The first kappa shape index (κ1) is 15.8. The number of likely N-dealkylation sites (N-methyl/N-ethyl adjacent to an activating group) is 1. The molecule has 7 heteroatoms. The van der Waals surface area contributed by atoms with Gasteiger partial charge in [0.05, 0.1) is 11.9 Å². The largest absolute Gasteiger partial charge is 0.355 e. The lowest BCUT2D eigenvalue weighted by molar-refractivity contribution is -0.119. The van der Waals surface area contributed by atoms with Crippen LogP contribution in [0.1, 0.15) is 12.5 Å². The van der Waals surface area contributed by atoms with Crippen molar-refractivity contribution < 1.29 is 13.2 Å². The van der Waals surface area contributed by atoms with Gasteiger partial charge >= 0.3 is 0 Å². The highest BCUT2D eigenvalue weighted by Gasteiger charge is 2.20. The number of nitrogens with one attached hydrogen (secondary N) is 1. The molecule has 0 fully saturated rings. The molecule has 0 radical (unpaired) electrons. The highest BCUT2D eigenvalue weighted by molar-refractivity contribution is 7.92. The number of carbonyl (C=O) groups is 1. The van der Waals surface area contributed by atoms with Gasteiger partial charge in [-0.1, -0.05) is 17.7 Å². The van der Waals surface area contributed by atoms with Crippen LogP contribution in [0.4, 0.5) is 5.69 Å². The number of hydrogen-bond acceptors (Lipinski definition) is 3. The van der Waals surface area contributed by atoms with Gasteiger partial charge in [-0.15, -0.1) is 0 Å². The van der Waals surface area contributed by atoms with E-state index in [0.717, 1.165) is 16.1 Å². The third-order valence-electron chi connectivity index (χ3n) is 2.50. The van der Waals surface area contributed by atoms with E-state index in [1.54, 1.807) is 19.1 Å². The Labute approximate surface area is 118 Å². The highest BCUT2D eigenvalue weighted by atomic mass is 35.5. The molecule has 0 aliphatic rings. The molecule has 0 heterocycles. The number of halogens is 1. The molecule has 0 aliphatic heterocycles. The molecule has 0 saturated heterocycles. The van der Waals surface area contributed by atoms with Gasteiger partial charge in [-0.25, -0.2) is 8.42 Å². The minimum absolute atomic E-state index is 0.258. The molecule has 1 rings (SSSR count). The Balaban J connectivity index is 3.10. The summed E-state index contributed by atoms with van der Waals surface area (Å²) in [7, 11) is -3.55. The normalized spacial score (nSPS) is 11.2.